The molecule has 0 amide bonds. The molecule has 1 N–H and O–H groups in total. The molecule has 2 rings (SSSR count). The zero-order valence-corrected chi connectivity index (χ0v) is 8.86. The highest BCUT2D eigenvalue weighted by molar-refractivity contribution is 4.99. The summed E-state index contributed by atoms with van der Waals surface area (Å²) in [6, 6.07) is 0.665. The predicted molar refractivity (Wildman–Crippen MR) is 58.2 cm³/mol. The number of piperidine rings is 1. The van der Waals surface area contributed by atoms with Gasteiger partial charge in [0.1, 0.15) is 0 Å². The van der Waals surface area contributed by atoms with E-state index in [1.165, 1.54) is 38.6 Å². The Labute approximate surface area is 86.6 Å². The van der Waals surface area contributed by atoms with E-state index in [0.29, 0.717) is 18.6 Å². The monoisotopic (exact) mass is 195 g/mol. The lowest BCUT2D eigenvalue weighted by molar-refractivity contribution is 0.0974. The van der Waals surface area contributed by atoms with E-state index in [-0.39, 0.29) is 0 Å². The van der Waals surface area contributed by atoms with Crippen molar-refractivity contribution in [1.82, 2.24) is 4.90 Å². The molecule has 0 saturated carbocycles. The van der Waals surface area contributed by atoms with E-state index >= 15 is 0 Å². The van der Waals surface area contributed by atoms with Gasteiger partial charge >= 0.3 is 0 Å². The first-order valence-corrected chi connectivity index (χ1v) is 5.91. The van der Waals surface area contributed by atoms with Crippen LogP contribution in [-0.4, -0.2) is 35.7 Å². The van der Waals surface area contributed by atoms with Gasteiger partial charge in [-0.05, 0) is 44.6 Å². The normalized spacial score (nSPS) is 34.6. The molecule has 0 aromatic rings. The van der Waals surface area contributed by atoms with Gasteiger partial charge in [-0.25, -0.2) is 0 Å². The topological polar surface area (TPSA) is 23.5 Å². The number of likely N-dealkylation sites (tertiary alicyclic amines) is 1. The molecule has 1 fully saturated rings. The van der Waals surface area contributed by atoms with Gasteiger partial charge in [-0.1, -0.05) is 12.2 Å². The highest BCUT2D eigenvalue weighted by Gasteiger charge is 2.24. The quantitative estimate of drug-likeness (QED) is 0.679. The first-order chi connectivity index (χ1) is 6.90. The Morgan fingerprint density at radius 3 is 2.93 bits per heavy atom. The second-order valence-corrected chi connectivity index (χ2v) is 4.61. The Morgan fingerprint density at radius 2 is 2.21 bits per heavy atom. The lowest BCUT2D eigenvalue weighted by Crippen LogP contribution is -2.43. The molecule has 2 nitrogen and oxygen atoms in total. The number of rotatable bonds is 2. The molecule has 14 heavy (non-hydrogen) atoms. The minimum absolute atomic E-state index is 0.368. The minimum atomic E-state index is 0.368. The largest absolute Gasteiger partial charge is 0.396 e. The van der Waals surface area contributed by atoms with Crippen LogP contribution in [0, 0.1) is 5.92 Å². The molecule has 2 heteroatoms. The Bertz CT molecular complexity index is 202. The Balaban J connectivity index is 1.89. The van der Waals surface area contributed by atoms with Gasteiger partial charge in [-0.3, -0.25) is 4.90 Å². The summed E-state index contributed by atoms with van der Waals surface area (Å²) >= 11 is 0. The van der Waals surface area contributed by atoms with Gasteiger partial charge in [0.25, 0.3) is 0 Å². The van der Waals surface area contributed by atoms with E-state index in [1.807, 2.05) is 0 Å². The van der Waals surface area contributed by atoms with Gasteiger partial charge < -0.3 is 5.11 Å². The highest BCUT2D eigenvalue weighted by Crippen LogP contribution is 2.23. The van der Waals surface area contributed by atoms with Crippen molar-refractivity contribution in [3.8, 4) is 0 Å². The van der Waals surface area contributed by atoms with Crippen molar-refractivity contribution in [2.24, 2.45) is 5.92 Å². The average Bonchev–Trinajstić information content (AvgIpc) is 2.30. The molecule has 1 aliphatic carbocycles. The molecule has 2 atom stereocenters. The molecule has 80 valence electrons. The van der Waals surface area contributed by atoms with Crippen LogP contribution in [0.2, 0.25) is 0 Å². The maximum Gasteiger partial charge on any atom is 0.0471 e. The standard InChI is InChI=1S/C12H21NO/c14-10-11-5-4-8-13(9-11)12-6-2-1-3-7-12/h2,6,11-12,14H,1,3-5,7-10H2. The number of aliphatic hydroxyl groups excluding tert-OH is 1. The molecule has 1 heterocycles. The SMILES string of the molecule is OCC1CCCN(C2C=CCCC2)C1. The van der Waals surface area contributed by atoms with Crippen LogP contribution in [0.5, 0.6) is 0 Å². The van der Waals surface area contributed by atoms with E-state index in [1.54, 1.807) is 0 Å². The summed E-state index contributed by atoms with van der Waals surface area (Å²) < 4.78 is 0. The molecule has 1 aliphatic heterocycles. The lowest BCUT2D eigenvalue weighted by atomic mass is 9.94. The molecule has 2 aliphatic rings. The third kappa shape index (κ3) is 2.37. The van der Waals surface area contributed by atoms with Crippen LogP contribution in [0.3, 0.4) is 0 Å². The van der Waals surface area contributed by atoms with Crippen molar-refractivity contribution in [2.45, 2.75) is 38.1 Å². The van der Waals surface area contributed by atoms with Crippen LogP contribution in [0.4, 0.5) is 0 Å². The Kier molecular flexibility index (Phi) is 3.60. The molecule has 0 spiro atoms. The summed E-state index contributed by atoms with van der Waals surface area (Å²) in [6.07, 6.45) is 11.1. The lowest BCUT2D eigenvalue weighted by Gasteiger charge is -2.37. The van der Waals surface area contributed by atoms with Crippen molar-refractivity contribution < 1.29 is 5.11 Å². The maximum atomic E-state index is 9.16. The van der Waals surface area contributed by atoms with Crippen LogP contribution in [0.1, 0.15) is 32.1 Å². The van der Waals surface area contributed by atoms with E-state index in [4.69, 9.17) is 5.11 Å². The molecule has 0 bridgehead atoms. The molecular weight excluding hydrogens is 174 g/mol. The maximum absolute atomic E-state index is 9.16. The van der Waals surface area contributed by atoms with E-state index in [0.717, 1.165) is 6.54 Å². The van der Waals surface area contributed by atoms with Crippen LogP contribution in [0.25, 0.3) is 0 Å². The fourth-order valence-corrected chi connectivity index (χ4v) is 2.65. The van der Waals surface area contributed by atoms with Crippen molar-refractivity contribution >= 4 is 0 Å². The van der Waals surface area contributed by atoms with Gasteiger partial charge in [-0.2, -0.15) is 0 Å². The number of hydrogen-bond donors (Lipinski definition) is 1. The first-order valence-electron chi connectivity index (χ1n) is 5.91. The van der Waals surface area contributed by atoms with Gasteiger partial charge in [0, 0.05) is 19.2 Å². The predicted octanol–water partition coefficient (Wildman–Crippen LogP) is 1.80. The highest BCUT2D eigenvalue weighted by atomic mass is 16.3. The summed E-state index contributed by atoms with van der Waals surface area (Å²) in [5, 5.41) is 9.16. The van der Waals surface area contributed by atoms with Crippen molar-refractivity contribution in [3.05, 3.63) is 12.2 Å². The third-order valence-corrected chi connectivity index (χ3v) is 3.51. The summed E-state index contributed by atoms with van der Waals surface area (Å²) in [5.41, 5.74) is 0. The zero-order chi connectivity index (χ0) is 9.80. The molecule has 0 radical (unpaired) electrons. The van der Waals surface area contributed by atoms with E-state index in [2.05, 4.69) is 17.1 Å². The fraction of sp³-hybridized carbons (Fsp3) is 0.833. The second-order valence-electron chi connectivity index (χ2n) is 4.61. The van der Waals surface area contributed by atoms with Gasteiger partial charge in [0.15, 0.2) is 0 Å². The van der Waals surface area contributed by atoms with Gasteiger partial charge in [0.2, 0.25) is 0 Å². The number of hydrogen-bond acceptors (Lipinski definition) is 2. The zero-order valence-electron chi connectivity index (χ0n) is 8.86. The molecule has 2 unspecified atom stereocenters. The second kappa shape index (κ2) is 4.94. The first kappa shape index (κ1) is 10.2. The third-order valence-electron chi connectivity index (χ3n) is 3.51. The minimum Gasteiger partial charge on any atom is -0.396 e. The smallest absolute Gasteiger partial charge is 0.0471 e. The molecule has 1 saturated heterocycles. The Morgan fingerprint density at radius 1 is 1.29 bits per heavy atom. The van der Waals surface area contributed by atoms with E-state index < -0.39 is 0 Å². The summed E-state index contributed by atoms with van der Waals surface area (Å²) in [5.74, 6) is 0.527. The van der Waals surface area contributed by atoms with Crippen molar-refractivity contribution in [3.63, 3.8) is 0 Å². The van der Waals surface area contributed by atoms with Gasteiger partial charge in [-0.15, -0.1) is 0 Å². The summed E-state index contributed by atoms with van der Waals surface area (Å²) in [6.45, 7) is 2.70. The van der Waals surface area contributed by atoms with Crippen LogP contribution < -0.4 is 0 Å². The van der Waals surface area contributed by atoms with Crippen molar-refractivity contribution in [1.29, 1.82) is 0 Å². The fourth-order valence-electron chi connectivity index (χ4n) is 2.65. The molecule has 0 aromatic heterocycles. The van der Waals surface area contributed by atoms with Gasteiger partial charge in [0.05, 0.1) is 0 Å². The molecule has 0 aromatic carbocycles. The number of allylic oxidation sites excluding steroid dienone is 1. The summed E-state index contributed by atoms with van der Waals surface area (Å²) in [7, 11) is 0. The number of aliphatic hydroxyl groups is 1. The van der Waals surface area contributed by atoms with Crippen LogP contribution in [0.15, 0.2) is 12.2 Å². The van der Waals surface area contributed by atoms with Crippen LogP contribution in [-0.2, 0) is 0 Å². The van der Waals surface area contributed by atoms with Crippen LogP contribution >= 0.6 is 0 Å². The summed E-state index contributed by atoms with van der Waals surface area (Å²) in [4.78, 5) is 2.56. The van der Waals surface area contributed by atoms with Crippen molar-refractivity contribution in [2.75, 3.05) is 19.7 Å². The molecular formula is C12H21NO. The average molecular weight is 195 g/mol. The van der Waals surface area contributed by atoms with E-state index in [9.17, 15) is 0 Å². The number of nitrogens with zero attached hydrogens (tertiary/aromatic N) is 1. The Hall–Kier alpha value is -0.340.